The van der Waals surface area contributed by atoms with Gasteiger partial charge < -0.3 is 10.0 Å². The number of carboxylic acid groups (broad SMARTS) is 1. The van der Waals surface area contributed by atoms with Gasteiger partial charge in [0, 0.05) is 40.4 Å². The highest BCUT2D eigenvalue weighted by Gasteiger charge is 2.46. The van der Waals surface area contributed by atoms with Crippen molar-refractivity contribution in [3.05, 3.63) is 93.3 Å². The van der Waals surface area contributed by atoms with E-state index in [0.717, 1.165) is 28.2 Å². The Morgan fingerprint density at radius 1 is 1.00 bits per heavy atom. The van der Waals surface area contributed by atoms with Crippen LogP contribution in [0.3, 0.4) is 0 Å². The summed E-state index contributed by atoms with van der Waals surface area (Å²) in [6, 6.07) is 14.9. The first-order chi connectivity index (χ1) is 17.1. The average molecular weight is 499 g/mol. The molecule has 3 aromatic rings. The van der Waals surface area contributed by atoms with Crippen molar-refractivity contribution in [2.75, 3.05) is 13.1 Å². The van der Waals surface area contributed by atoms with Crippen molar-refractivity contribution < 1.29 is 14.7 Å². The molecule has 2 aliphatic rings. The van der Waals surface area contributed by atoms with E-state index in [4.69, 9.17) is 0 Å². The lowest BCUT2D eigenvalue weighted by Gasteiger charge is -2.50. The van der Waals surface area contributed by atoms with Crippen LogP contribution in [0.2, 0.25) is 0 Å². The summed E-state index contributed by atoms with van der Waals surface area (Å²) in [6.07, 6.45) is 5.32. The van der Waals surface area contributed by atoms with E-state index in [1.165, 1.54) is 11.1 Å². The quantitative estimate of drug-likeness (QED) is 0.406. The van der Waals surface area contributed by atoms with Crippen LogP contribution in [0.15, 0.2) is 71.6 Å². The molecule has 0 fully saturated rings. The third-order valence-electron chi connectivity index (χ3n) is 7.56. The van der Waals surface area contributed by atoms with E-state index < -0.39 is 5.97 Å². The number of carbonyl (C=O) groups excluding carboxylic acids is 1. The number of hydrogen-bond acceptors (Lipinski definition) is 4. The number of nitrogens with zero attached hydrogens (tertiary/aromatic N) is 2. The van der Waals surface area contributed by atoms with E-state index >= 15 is 0 Å². The number of amides is 1. The molecule has 5 rings (SSSR count). The Bertz CT molecular complexity index is 1410. The maximum Gasteiger partial charge on any atom is 0.335 e. The molecule has 1 aliphatic heterocycles. The lowest BCUT2D eigenvalue weighted by molar-refractivity contribution is 0.0678. The zero-order valence-corrected chi connectivity index (χ0v) is 21.9. The lowest BCUT2D eigenvalue weighted by atomic mass is 9.58. The molecule has 6 heteroatoms. The first-order valence-electron chi connectivity index (χ1n) is 12.2. The van der Waals surface area contributed by atoms with Crippen molar-refractivity contribution in [3.63, 3.8) is 0 Å². The van der Waals surface area contributed by atoms with Gasteiger partial charge in [0.25, 0.3) is 5.91 Å². The van der Waals surface area contributed by atoms with E-state index in [2.05, 4.69) is 37.9 Å². The Balaban J connectivity index is 1.40. The SMILES string of the molecule is Cc1nc(-c2cccc(C(=O)N3CC=C4C(C)(C)C(c5ccc(C(=O)O)cc5)=CC[C@]4(C)C3)c2)cs1. The fraction of sp³-hybridized carbons (Fsp3) is 0.300. The molecule has 36 heavy (non-hydrogen) atoms. The van der Waals surface area contributed by atoms with Gasteiger partial charge in [0.05, 0.1) is 16.3 Å². The number of allylic oxidation sites excluding steroid dienone is 2. The molecule has 1 aliphatic carbocycles. The number of thiazole rings is 1. The van der Waals surface area contributed by atoms with Gasteiger partial charge in [0.2, 0.25) is 0 Å². The Morgan fingerprint density at radius 3 is 2.42 bits per heavy atom. The number of aromatic nitrogens is 1. The molecule has 0 bridgehead atoms. The molecule has 5 nitrogen and oxygen atoms in total. The lowest BCUT2D eigenvalue weighted by Crippen LogP contribution is -2.48. The second-order valence-electron chi connectivity index (χ2n) is 10.5. The summed E-state index contributed by atoms with van der Waals surface area (Å²) < 4.78 is 0. The molecule has 2 aromatic carbocycles. The Kier molecular flexibility index (Phi) is 5.95. The zero-order valence-electron chi connectivity index (χ0n) is 21.0. The van der Waals surface area contributed by atoms with E-state index in [1.807, 2.05) is 53.6 Å². The molecular formula is C30H30N2O3S. The summed E-state index contributed by atoms with van der Waals surface area (Å²) in [4.78, 5) is 31.3. The third kappa shape index (κ3) is 4.20. The van der Waals surface area contributed by atoms with E-state index in [-0.39, 0.29) is 22.3 Å². The predicted octanol–water partition coefficient (Wildman–Crippen LogP) is 6.72. The van der Waals surface area contributed by atoms with Crippen molar-refractivity contribution in [3.8, 4) is 11.3 Å². The number of benzene rings is 2. The summed E-state index contributed by atoms with van der Waals surface area (Å²) in [7, 11) is 0. The molecule has 0 radical (unpaired) electrons. The van der Waals surface area contributed by atoms with Gasteiger partial charge in [0.15, 0.2) is 0 Å². The minimum atomic E-state index is -0.919. The van der Waals surface area contributed by atoms with Crippen molar-refractivity contribution in [2.45, 2.75) is 34.1 Å². The highest BCUT2D eigenvalue weighted by Crippen LogP contribution is 2.55. The minimum Gasteiger partial charge on any atom is -0.478 e. The van der Waals surface area contributed by atoms with Crippen LogP contribution in [-0.2, 0) is 0 Å². The molecule has 1 amide bonds. The first-order valence-corrected chi connectivity index (χ1v) is 13.0. The molecule has 0 spiro atoms. The summed E-state index contributed by atoms with van der Waals surface area (Å²) in [5.41, 5.74) is 6.04. The first kappa shape index (κ1) is 24.2. The van der Waals surface area contributed by atoms with E-state index in [0.29, 0.717) is 18.7 Å². The van der Waals surface area contributed by atoms with Crippen LogP contribution in [0, 0.1) is 17.8 Å². The molecule has 0 saturated heterocycles. The maximum atomic E-state index is 13.6. The van der Waals surface area contributed by atoms with E-state index in [1.54, 1.807) is 23.5 Å². The fourth-order valence-corrected chi connectivity index (χ4v) is 6.47. The van der Waals surface area contributed by atoms with Gasteiger partial charge in [-0.1, -0.05) is 62.8 Å². The van der Waals surface area contributed by atoms with Gasteiger partial charge in [-0.15, -0.1) is 11.3 Å². The maximum absolute atomic E-state index is 13.6. The van der Waals surface area contributed by atoms with Crippen molar-refractivity contribution in [1.29, 1.82) is 0 Å². The van der Waals surface area contributed by atoms with Gasteiger partial charge in [-0.3, -0.25) is 4.79 Å². The summed E-state index contributed by atoms with van der Waals surface area (Å²) in [5.74, 6) is -0.879. The van der Waals surface area contributed by atoms with Gasteiger partial charge in [-0.05, 0) is 48.7 Å². The summed E-state index contributed by atoms with van der Waals surface area (Å²) in [5, 5.41) is 12.3. The van der Waals surface area contributed by atoms with Crippen LogP contribution in [0.4, 0.5) is 0 Å². The highest BCUT2D eigenvalue weighted by atomic mass is 32.1. The summed E-state index contributed by atoms with van der Waals surface area (Å²) in [6.45, 7) is 9.91. The number of carboxylic acids is 1. The zero-order chi connectivity index (χ0) is 25.7. The number of aromatic carboxylic acids is 1. The second-order valence-corrected chi connectivity index (χ2v) is 11.6. The van der Waals surface area contributed by atoms with Crippen LogP contribution in [-0.4, -0.2) is 40.0 Å². The number of fused-ring (bicyclic) bond motifs is 1. The van der Waals surface area contributed by atoms with Crippen LogP contribution >= 0.6 is 11.3 Å². The number of aryl methyl sites for hydroxylation is 1. The molecule has 2 heterocycles. The Hall–Kier alpha value is -3.51. The smallest absolute Gasteiger partial charge is 0.335 e. The number of rotatable bonds is 4. The molecule has 184 valence electrons. The van der Waals surface area contributed by atoms with Crippen LogP contribution in [0.25, 0.3) is 16.8 Å². The van der Waals surface area contributed by atoms with Gasteiger partial charge in [-0.2, -0.15) is 0 Å². The minimum absolute atomic E-state index is 0.0390. The Morgan fingerprint density at radius 2 is 1.75 bits per heavy atom. The highest BCUT2D eigenvalue weighted by molar-refractivity contribution is 7.09. The molecule has 0 unspecified atom stereocenters. The third-order valence-corrected chi connectivity index (χ3v) is 8.34. The molecule has 0 saturated carbocycles. The predicted molar refractivity (Wildman–Crippen MR) is 144 cm³/mol. The van der Waals surface area contributed by atoms with E-state index in [9.17, 15) is 14.7 Å². The molecule has 1 atom stereocenters. The largest absolute Gasteiger partial charge is 0.478 e. The van der Waals surface area contributed by atoms with Gasteiger partial charge in [0.1, 0.15) is 0 Å². The second kappa shape index (κ2) is 8.86. The number of hydrogen-bond donors (Lipinski definition) is 1. The Labute approximate surface area is 215 Å². The fourth-order valence-electron chi connectivity index (χ4n) is 5.85. The number of carbonyl (C=O) groups is 2. The normalized spacial score (nSPS) is 20.8. The van der Waals surface area contributed by atoms with Crippen molar-refractivity contribution in [2.24, 2.45) is 10.8 Å². The monoisotopic (exact) mass is 498 g/mol. The van der Waals surface area contributed by atoms with Crippen LogP contribution < -0.4 is 0 Å². The summed E-state index contributed by atoms with van der Waals surface area (Å²) >= 11 is 1.61. The molecule has 1 aromatic heterocycles. The topological polar surface area (TPSA) is 70.5 Å². The van der Waals surface area contributed by atoms with Gasteiger partial charge >= 0.3 is 5.97 Å². The molecule has 1 N–H and O–H groups in total. The molecular weight excluding hydrogens is 468 g/mol. The average Bonchev–Trinajstić information content (AvgIpc) is 3.29. The standard InChI is InChI=1S/C30H30N2O3S/c1-19-31-25(17-36-19)22-6-5-7-23(16-22)27(33)32-15-13-26-29(2,3)24(12-14-30(26,4)18-32)20-8-10-21(11-9-20)28(34)35/h5-13,16-17H,14-15,18H2,1-4H3,(H,34,35)/t30-/m1/s1. The van der Waals surface area contributed by atoms with Crippen LogP contribution in [0.1, 0.15) is 58.5 Å². The van der Waals surface area contributed by atoms with Gasteiger partial charge in [-0.25, -0.2) is 9.78 Å². The van der Waals surface area contributed by atoms with Crippen molar-refractivity contribution in [1.82, 2.24) is 9.88 Å². The van der Waals surface area contributed by atoms with Crippen LogP contribution in [0.5, 0.6) is 0 Å². The van der Waals surface area contributed by atoms with Crippen molar-refractivity contribution >= 4 is 28.8 Å².